The molecule has 10 heteroatoms. The van der Waals surface area contributed by atoms with Gasteiger partial charge in [0, 0.05) is 28.7 Å². The molecule has 0 unspecified atom stereocenters. The number of benzene rings is 2. The first-order valence-electron chi connectivity index (χ1n) is 11.0. The van der Waals surface area contributed by atoms with Crippen molar-refractivity contribution >= 4 is 40.1 Å². The number of esters is 1. The predicted molar refractivity (Wildman–Crippen MR) is 137 cm³/mol. The molecule has 8 nitrogen and oxygen atoms in total. The van der Waals surface area contributed by atoms with E-state index in [1.807, 2.05) is 60.7 Å². The smallest absolute Gasteiger partial charge is 0.311 e. The third kappa shape index (κ3) is 6.93. The van der Waals surface area contributed by atoms with Crippen molar-refractivity contribution in [3.05, 3.63) is 71.7 Å². The average Bonchev–Trinajstić information content (AvgIpc) is 3.31. The number of amides is 1. The second kappa shape index (κ2) is 12.2. The van der Waals surface area contributed by atoms with Gasteiger partial charge in [-0.3, -0.25) is 9.59 Å². The van der Waals surface area contributed by atoms with Crippen molar-refractivity contribution in [3.63, 3.8) is 0 Å². The molecule has 0 saturated heterocycles. The Morgan fingerprint density at radius 1 is 0.943 bits per heavy atom. The first kappa shape index (κ1) is 24.5. The lowest BCUT2D eigenvalue weighted by Gasteiger charge is -2.09. The summed E-state index contributed by atoms with van der Waals surface area (Å²) in [7, 11) is 0. The van der Waals surface area contributed by atoms with E-state index in [0.29, 0.717) is 34.0 Å². The zero-order valence-electron chi connectivity index (χ0n) is 19.0. The second-order valence-electron chi connectivity index (χ2n) is 7.30. The first-order valence-corrected chi connectivity index (χ1v) is 12.9. The fourth-order valence-corrected chi connectivity index (χ4v) is 4.63. The summed E-state index contributed by atoms with van der Waals surface area (Å²) in [5.41, 5.74) is 3.91. The molecule has 0 spiro atoms. The van der Waals surface area contributed by atoms with Gasteiger partial charge in [0.2, 0.25) is 11.1 Å². The highest BCUT2D eigenvalue weighted by Crippen LogP contribution is 2.29. The lowest BCUT2D eigenvalue weighted by molar-refractivity contribution is -0.142. The van der Waals surface area contributed by atoms with Crippen molar-refractivity contribution < 1.29 is 14.3 Å². The topological polar surface area (TPSA) is 107 Å². The van der Waals surface area contributed by atoms with Crippen LogP contribution in [0.25, 0.3) is 22.5 Å². The number of thioether (sulfide) groups is 1. The number of aromatic nitrogens is 4. The van der Waals surface area contributed by atoms with Gasteiger partial charge < -0.3 is 10.1 Å². The molecule has 4 aromatic rings. The zero-order chi connectivity index (χ0) is 24.5. The molecule has 2 aromatic carbocycles. The van der Waals surface area contributed by atoms with Gasteiger partial charge >= 0.3 is 5.97 Å². The molecular weight excluding hydrogens is 482 g/mol. The maximum atomic E-state index is 12.4. The fraction of sp³-hybridized carbons (Fsp3) is 0.200. The minimum Gasteiger partial charge on any atom is -0.466 e. The number of anilines is 1. The molecule has 178 valence electrons. The van der Waals surface area contributed by atoms with Gasteiger partial charge in [0.05, 0.1) is 18.7 Å². The minimum absolute atomic E-state index is 0.0864. The number of nitrogens with one attached hydrogen (secondary N) is 1. The van der Waals surface area contributed by atoms with Crippen LogP contribution in [-0.2, 0) is 20.7 Å². The molecule has 4 rings (SSSR count). The van der Waals surface area contributed by atoms with E-state index in [9.17, 15) is 9.59 Å². The van der Waals surface area contributed by atoms with Crippen molar-refractivity contribution in [2.24, 2.45) is 0 Å². The molecule has 0 radical (unpaired) electrons. The molecule has 35 heavy (non-hydrogen) atoms. The molecule has 0 bridgehead atoms. The van der Waals surface area contributed by atoms with Gasteiger partial charge in [-0.1, -0.05) is 72.4 Å². The van der Waals surface area contributed by atoms with Crippen LogP contribution in [0.3, 0.4) is 0 Å². The summed E-state index contributed by atoms with van der Waals surface area (Å²) in [5, 5.41) is 14.2. The number of rotatable bonds is 10. The Labute approximate surface area is 211 Å². The minimum atomic E-state index is -0.339. The van der Waals surface area contributed by atoms with E-state index in [-0.39, 0.29) is 24.7 Å². The Morgan fingerprint density at radius 3 is 2.31 bits per heavy atom. The van der Waals surface area contributed by atoms with Crippen LogP contribution in [0.5, 0.6) is 0 Å². The Kier molecular flexibility index (Phi) is 8.53. The van der Waals surface area contributed by atoms with Gasteiger partial charge in [-0.25, -0.2) is 9.97 Å². The SMILES string of the molecule is CCOC(=O)Cc1csc(NC(=O)CCSc2nnc(-c3ccccc3)c(-c3ccccc3)n2)n1. The van der Waals surface area contributed by atoms with E-state index in [4.69, 9.17) is 9.72 Å². The highest BCUT2D eigenvalue weighted by Gasteiger charge is 2.15. The molecule has 0 fully saturated rings. The summed E-state index contributed by atoms with van der Waals surface area (Å²) in [6.45, 7) is 2.08. The van der Waals surface area contributed by atoms with E-state index in [2.05, 4.69) is 20.5 Å². The van der Waals surface area contributed by atoms with Gasteiger partial charge in [-0.2, -0.15) is 0 Å². The van der Waals surface area contributed by atoms with Gasteiger partial charge in [0.1, 0.15) is 11.4 Å². The van der Waals surface area contributed by atoms with Crippen LogP contribution in [-0.4, -0.2) is 44.4 Å². The number of ether oxygens (including phenoxy) is 1. The molecule has 0 aliphatic heterocycles. The quantitative estimate of drug-likeness (QED) is 0.240. The van der Waals surface area contributed by atoms with Gasteiger partial charge in [0.25, 0.3) is 0 Å². The predicted octanol–water partition coefficient (Wildman–Crippen LogP) is 4.89. The van der Waals surface area contributed by atoms with Crippen molar-refractivity contribution in [1.29, 1.82) is 0 Å². The zero-order valence-corrected chi connectivity index (χ0v) is 20.6. The van der Waals surface area contributed by atoms with Crippen LogP contribution in [0.15, 0.2) is 71.2 Å². The Morgan fingerprint density at radius 2 is 1.63 bits per heavy atom. The molecule has 0 atom stereocenters. The van der Waals surface area contributed by atoms with Crippen molar-refractivity contribution in [3.8, 4) is 22.5 Å². The average molecular weight is 506 g/mol. The summed E-state index contributed by atoms with van der Waals surface area (Å²) < 4.78 is 4.92. The van der Waals surface area contributed by atoms with Crippen LogP contribution in [0.1, 0.15) is 19.0 Å². The third-order valence-corrected chi connectivity index (χ3v) is 6.40. The standard InChI is InChI=1S/C25H23N5O3S2/c1-2-33-21(32)15-19-16-35-24(26-19)27-20(31)13-14-34-25-28-22(17-9-5-3-6-10-17)23(29-30-25)18-11-7-4-8-12-18/h3-12,16H,2,13-15H2,1H3,(H,26,27,31). The van der Waals surface area contributed by atoms with Gasteiger partial charge in [-0.05, 0) is 6.92 Å². The van der Waals surface area contributed by atoms with Crippen molar-refractivity contribution in [2.45, 2.75) is 24.9 Å². The Balaban J connectivity index is 1.37. The van der Waals surface area contributed by atoms with Gasteiger partial charge in [-0.15, -0.1) is 21.5 Å². The number of carbonyl (C=O) groups is 2. The van der Waals surface area contributed by atoms with Gasteiger partial charge in [0.15, 0.2) is 5.13 Å². The normalized spacial score (nSPS) is 10.7. The summed E-state index contributed by atoms with van der Waals surface area (Å²) in [6, 6.07) is 19.7. The summed E-state index contributed by atoms with van der Waals surface area (Å²) in [4.78, 5) is 32.9. The number of hydrogen-bond donors (Lipinski definition) is 1. The van der Waals surface area contributed by atoms with E-state index in [1.165, 1.54) is 23.1 Å². The summed E-state index contributed by atoms with van der Waals surface area (Å²) in [6.07, 6.45) is 0.338. The lowest BCUT2D eigenvalue weighted by Crippen LogP contribution is -2.12. The summed E-state index contributed by atoms with van der Waals surface area (Å²) >= 11 is 2.64. The van der Waals surface area contributed by atoms with E-state index < -0.39 is 0 Å². The molecule has 0 aliphatic rings. The van der Waals surface area contributed by atoms with E-state index in [1.54, 1.807) is 12.3 Å². The van der Waals surface area contributed by atoms with Crippen LogP contribution in [0.2, 0.25) is 0 Å². The highest BCUT2D eigenvalue weighted by atomic mass is 32.2. The van der Waals surface area contributed by atoms with Crippen LogP contribution in [0.4, 0.5) is 5.13 Å². The third-order valence-electron chi connectivity index (χ3n) is 4.75. The molecular formula is C25H23N5O3S2. The second-order valence-corrected chi connectivity index (χ2v) is 9.22. The molecule has 2 heterocycles. The maximum absolute atomic E-state index is 12.4. The number of thiazole rings is 1. The molecule has 0 saturated carbocycles. The summed E-state index contributed by atoms with van der Waals surface area (Å²) in [5.74, 6) is -0.0338. The fourth-order valence-electron chi connectivity index (χ4n) is 3.18. The largest absolute Gasteiger partial charge is 0.466 e. The monoisotopic (exact) mass is 505 g/mol. The Bertz CT molecular complexity index is 1280. The first-order chi connectivity index (χ1) is 17.1. The van der Waals surface area contributed by atoms with Crippen LogP contribution >= 0.6 is 23.1 Å². The van der Waals surface area contributed by atoms with Crippen molar-refractivity contribution in [2.75, 3.05) is 17.7 Å². The maximum Gasteiger partial charge on any atom is 0.311 e. The molecule has 1 amide bonds. The Hall–Kier alpha value is -3.63. The highest BCUT2D eigenvalue weighted by molar-refractivity contribution is 7.99. The van der Waals surface area contributed by atoms with Crippen LogP contribution in [0, 0.1) is 0 Å². The molecule has 1 N–H and O–H groups in total. The van der Waals surface area contributed by atoms with E-state index in [0.717, 1.165) is 16.8 Å². The van der Waals surface area contributed by atoms with Crippen molar-refractivity contribution in [1.82, 2.24) is 20.2 Å². The van der Waals surface area contributed by atoms with E-state index >= 15 is 0 Å². The lowest BCUT2D eigenvalue weighted by atomic mass is 10.0. The molecule has 2 aromatic heterocycles. The van der Waals surface area contributed by atoms with Crippen LogP contribution < -0.4 is 5.32 Å². The number of carbonyl (C=O) groups excluding carboxylic acids is 2. The molecule has 0 aliphatic carbocycles. The number of hydrogen-bond acceptors (Lipinski definition) is 9. The number of nitrogens with zero attached hydrogens (tertiary/aromatic N) is 4.